The molecule has 0 bridgehead atoms. The molecule has 34 heavy (non-hydrogen) atoms. The first kappa shape index (κ1) is 34.4. The maximum Gasteiger partial charge on any atom is 1.00 e. The van der Waals surface area contributed by atoms with Gasteiger partial charge in [-0.1, -0.05) is 47.5 Å². The van der Waals surface area contributed by atoms with Gasteiger partial charge in [-0.05, 0) is 23.8 Å². The molecule has 1 unspecified atom stereocenters. The van der Waals surface area contributed by atoms with Crippen molar-refractivity contribution in [2.75, 3.05) is 11.9 Å². The molecule has 11 nitrogen and oxygen atoms in total. The second kappa shape index (κ2) is 15.0. The summed E-state index contributed by atoms with van der Waals surface area (Å²) >= 11 is 12.3. The Kier molecular flexibility index (Phi) is 15.1. The smallest absolute Gasteiger partial charge is 0.859 e. The van der Waals surface area contributed by atoms with E-state index < -0.39 is 39.9 Å². The van der Waals surface area contributed by atoms with E-state index in [2.05, 4.69) is 10.3 Å². The third-order valence-corrected chi connectivity index (χ3v) is 7.61. The first-order chi connectivity index (χ1) is 14.8. The Bertz CT molecular complexity index is 973. The van der Waals surface area contributed by atoms with Gasteiger partial charge in [0.15, 0.2) is 0 Å². The third kappa shape index (κ3) is 10.8. The zero-order chi connectivity index (χ0) is 24.1. The molecule has 0 heterocycles. The van der Waals surface area contributed by atoms with Crippen molar-refractivity contribution < 1.29 is 103 Å². The van der Waals surface area contributed by atoms with Gasteiger partial charge >= 0.3 is 70.6 Å². The van der Waals surface area contributed by atoms with Crippen LogP contribution in [0, 0.1) is 0 Å². The quantitative estimate of drug-likeness (QED) is 0.0737. The number of halogens is 2. The van der Waals surface area contributed by atoms with Crippen LogP contribution >= 0.6 is 39.1 Å². The average Bonchev–Trinajstić information content (AvgIpc) is 2.67. The molecule has 1 atom stereocenters. The number of ether oxygens (including phenoxy) is 1. The molecule has 0 spiro atoms. The number of esters is 1. The van der Waals surface area contributed by atoms with Crippen LogP contribution in [0.5, 0.6) is 0 Å². The molecular weight excluding hydrogens is 555 g/mol. The van der Waals surface area contributed by atoms with Crippen molar-refractivity contribution in [1.82, 2.24) is 0 Å². The maximum absolute atomic E-state index is 12.1. The molecule has 17 heteroatoms. The fraction of sp³-hybridized carbons (Fsp3) is 0.176. The van der Waals surface area contributed by atoms with Crippen molar-refractivity contribution in [3.63, 3.8) is 0 Å². The number of hydrogen-bond donors (Lipinski definition) is 4. The Morgan fingerprint density at radius 2 is 1.59 bits per heavy atom. The number of nitrogens with one attached hydrogen (secondary N) is 1. The molecule has 0 radical (unpaired) electrons. The van der Waals surface area contributed by atoms with Gasteiger partial charge in [-0.15, -0.1) is 0 Å². The van der Waals surface area contributed by atoms with Crippen molar-refractivity contribution in [3.05, 3.63) is 58.1 Å². The van der Waals surface area contributed by atoms with Gasteiger partial charge in [0, 0.05) is 11.6 Å². The van der Waals surface area contributed by atoms with E-state index in [1.165, 1.54) is 0 Å². The SMILES string of the molecule is O=C(Cc1ccccc1Nc1c(Cl)cccc1Cl)OCC([O-])=NC([P+]([O-])([O-])O)[P+]([O-])(O)O.[Na+].[Na+]. The number of carbonyl (C=O) groups is 1. The Hall–Kier alpha value is 0.380. The number of para-hydroxylation sites is 2. The summed E-state index contributed by atoms with van der Waals surface area (Å²) in [5, 5.41) is 15.4. The number of aliphatic imine (C=N–C) groups is 1. The van der Waals surface area contributed by atoms with Crippen molar-refractivity contribution >= 4 is 62.3 Å². The summed E-state index contributed by atoms with van der Waals surface area (Å²) in [4.78, 5) is 74.8. The minimum absolute atomic E-state index is 0. The Labute approximate surface area is 250 Å². The number of nitrogens with zero attached hydrogens (tertiary/aromatic N) is 1. The Morgan fingerprint density at radius 1 is 1.03 bits per heavy atom. The fourth-order valence-electron chi connectivity index (χ4n) is 2.40. The molecule has 0 amide bonds. The molecule has 174 valence electrons. The monoisotopic (exact) mass is 570 g/mol. The summed E-state index contributed by atoms with van der Waals surface area (Å²) in [6.45, 7) is -1.10. The Morgan fingerprint density at radius 3 is 2.12 bits per heavy atom. The van der Waals surface area contributed by atoms with E-state index in [1.807, 2.05) is 0 Å². The molecule has 0 aliphatic carbocycles. The molecular formula is C17H16Cl2N2Na2O9P2. The summed E-state index contributed by atoms with van der Waals surface area (Å²) in [6, 6.07) is 11.4. The second-order valence-corrected chi connectivity index (χ2v) is 10.7. The summed E-state index contributed by atoms with van der Waals surface area (Å²) in [6.07, 6.45) is -0.333. The average molecular weight is 571 g/mol. The van der Waals surface area contributed by atoms with Gasteiger partial charge in [-0.3, -0.25) is 9.69 Å². The molecule has 0 aliphatic rings. The van der Waals surface area contributed by atoms with Crippen LogP contribution in [0.4, 0.5) is 11.4 Å². The van der Waals surface area contributed by atoms with Crippen LogP contribution in [-0.4, -0.2) is 38.7 Å². The van der Waals surface area contributed by atoms with Gasteiger partial charge in [0.25, 0.3) is 7.94 Å². The maximum atomic E-state index is 12.1. The second-order valence-electron chi connectivity index (χ2n) is 6.24. The predicted octanol–water partition coefficient (Wildman–Crippen LogP) is -6.54. The van der Waals surface area contributed by atoms with Gasteiger partial charge in [-0.2, -0.15) is 0 Å². The molecule has 0 aromatic heterocycles. The van der Waals surface area contributed by atoms with Gasteiger partial charge in [0.05, 0.1) is 22.2 Å². The van der Waals surface area contributed by atoms with Gasteiger partial charge in [0.1, 0.15) is 14.6 Å². The van der Waals surface area contributed by atoms with E-state index in [4.69, 9.17) is 42.6 Å². The first-order valence-electron chi connectivity index (χ1n) is 8.56. The summed E-state index contributed by atoms with van der Waals surface area (Å²) in [7, 11) is -11.2. The minimum atomic E-state index is -5.67. The largest absolute Gasteiger partial charge is 1.00 e. The minimum Gasteiger partial charge on any atom is -0.859 e. The van der Waals surface area contributed by atoms with E-state index in [1.54, 1.807) is 42.5 Å². The summed E-state index contributed by atoms with van der Waals surface area (Å²) in [5.74, 6) is -2.39. The zero-order valence-corrected chi connectivity index (χ0v) is 25.2. The van der Waals surface area contributed by atoms with Crippen molar-refractivity contribution in [3.8, 4) is 0 Å². The molecule has 4 N–H and O–H groups in total. The van der Waals surface area contributed by atoms with E-state index >= 15 is 0 Å². The normalized spacial score (nSPS) is 12.8. The van der Waals surface area contributed by atoms with E-state index in [9.17, 15) is 24.6 Å². The summed E-state index contributed by atoms with van der Waals surface area (Å²) < 4.78 is 4.70. The number of hydrogen-bond acceptors (Lipinski definition) is 11. The van der Waals surface area contributed by atoms with Gasteiger partial charge in [0.2, 0.25) is 0 Å². The van der Waals surface area contributed by atoms with E-state index in [-0.39, 0.29) is 65.5 Å². The van der Waals surface area contributed by atoms with E-state index in [0.29, 0.717) is 27.0 Å². The van der Waals surface area contributed by atoms with Crippen molar-refractivity contribution in [1.29, 1.82) is 0 Å². The first-order valence-corrected chi connectivity index (χ1v) is 12.6. The molecule has 0 fully saturated rings. The molecule has 0 saturated carbocycles. The van der Waals surface area contributed by atoms with Crippen LogP contribution in [0.25, 0.3) is 0 Å². The molecule has 2 rings (SSSR count). The van der Waals surface area contributed by atoms with Crippen LogP contribution < -0.4 is 84.2 Å². The van der Waals surface area contributed by atoms with Crippen LogP contribution in [0.15, 0.2) is 47.5 Å². The number of rotatable bonds is 9. The van der Waals surface area contributed by atoms with Crippen LogP contribution in [-0.2, 0) is 16.0 Å². The fourth-order valence-corrected chi connectivity index (χ4v) is 4.97. The van der Waals surface area contributed by atoms with Crippen LogP contribution in [0.3, 0.4) is 0 Å². The molecule has 2 aromatic rings. The third-order valence-electron chi connectivity index (χ3n) is 3.78. The van der Waals surface area contributed by atoms with Gasteiger partial charge in [-0.25, -0.2) is 14.8 Å². The van der Waals surface area contributed by atoms with Crippen LogP contribution in [0.2, 0.25) is 10.0 Å². The van der Waals surface area contributed by atoms with Crippen molar-refractivity contribution in [2.24, 2.45) is 4.99 Å². The van der Waals surface area contributed by atoms with Gasteiger partial charge < -0.3 is 29.8 Å². The van der Waals surface area contributed by atoms with E-state index in [0.717, 1.165) is 0 Å². The standard InChI is InChI=1S/C17H18Cl2N2O9P2.2Na/c18-11-5-3-6-12(19)16(11)20-13-7-2-1-4-10(13)8-15(23)30-9-14(22)21-17(31(24,25)26)32(27,28)29;;/h1-7,17,20H,8-9H2,(H,21,22)(H2,24,25,26)(H2,27,28,29);;/q;2*+1/p-2. The molecule has 2 aromatic carbocycles. The van der Waals surface area contributed by atoms with Crippen LogP contribution in [0.1, 0.15) is 5.56 Å². The number of anilines is 2. The molecule has 0 saturated heterocycles. The topological polar surface area (TPSA) is 204 Å². The zero-order valence-electron chi connectivity index (χ0n) is 17.9. The van der Waals surface area contributed by atoms with Crippen molar-refractivity contribution in [2.45, 2.75) is 11.9 Å². The Balaban J connectivity index is 0.00000544. The number of benzene rings is 2. The summed E-state index contributed by atoms with van der Waals surface area (Å²) in [5.41, 5.74) is -1.68. The number of carbonyl (C=O) groups excluding carboxylic acids is 1. The molecule has 0 aliphatic heterocycles. The predicted molar refractivity (Wildman–Crippen MR) is 113 cm³/mol.